The van der Waals surface area contributed by atoms with Gasteiger partial charge in [0.25, 0.3) is 0 Å². The van der Waals surface area contributed by atoms with Gasteiger partial charge in [-0.25, -0.2) is 4.79 Å². The summed E-state index contributed by atoms with van der Waals surface area (Å²) in [4.78, 5) is 11.5. The molecule has 1 saturated heterocycles. The number of esters is 1. The number of carbonyl (C=O) groups excluding carboxylic acids is 1. The van der Waals surface area contributed by atoms with Crippen molar-refractivity contribution in [1.29, 1.82) is 0 Å². The van der Waals surface area contributed by atoms with Gasteiger partial charge >= 0.3 is 5.97 Å². The molecule has 1 fully saturated rings. The van der Waals surface area contributed by atoms with Crippen molar-refractivity contribution in [3.8, 4) is 5.75 Å². The number of carbonyl (C=O) groups is 1. The molecule has 5 heteroatoms. The van der Waals surface area contributed by atoms with E-state index in [1.807, 2.05) is 0 Å². The third-order valence-corrected chi connectivity index (χ3v) is 3.52. The molecule has 1 heterocycles. The van der Waals surface area contributed by atoms with E-state index in [0.717, 1.165) is 37.4 Å². The molecule has 5 nitrogen and oxygen atoms in total. The van der Waals surface area contributed by atoms with Gasteiger partial charge in [0, 0.05) is 25.3 Å². The first-order chi connectivity index (χ1) is 9.74. The minimum absolute atomic E-state index is 0.327. The summed E-state index contributed by atoms with van der Waals surface area (Å²) in [6.07, 6.45) is 2.05. The molecule has 0 atom stereocenters. The Morgan fingerprint density at radius 2 is 2.15 bits per heavy atom. The van der Waals surface area contributed by atoms with Gasteiger partial charge in [-0.15, -0.1) is 0 Å². The van der Waals surface area contributed by atoms with Crippen LogP contribution >= 0.6 is 0 Å². The fraction of sp³-hybridized carbons (Fsp3) is 0.533. The van der Waals surface area contributed by atoms with Crippen LogP contribution in [-0.2, 0) is 16.0 Å². The highest BCUT2D eigenvalue weighted by molar-refractivity contribution is 5.89. The fourth-order valence-corrected chi connectivity index (χ4v) is 2.25. The van der Waals surface area contributed by atoms with Gasteiger partial charge in [0.1, 0.15) is 5.75 Å². The van der Waals surface area contributed by atoms with Gasteiger partial charge in [0.2, 0.25) is 0 Å². The van der Waals surface area contributed by atoms with Crippen LogP contribution in [0.2, 0.25) is 0 Å². The molecule has 0 bridgehead atoms. The molecule has 1 aromatic carbocycles. The summed E-state index contributed by atoms with van der Waals surface area (Å²) < 4.78 is 15.9. The second kappa shape index (κ2) is 7.26. The standard InChI is InChI=1S/C15H21NO4/c1-18-15(17)12-2-3-14(13(8-12)9-16)20-10-11-4-6-19-7-5-11/h2-3,8,11H,4-7,9-10,16H2,1H3. The summed E-state index contributed by atoms with van der Waals surface area (Å²) in [7, 11) is 1.36. The molecule has 1 aliphatic heterocycles. The Morgan fingerprint density at radius 1 is 1.40 bits per heavy atom. The van der Waals surface area contributed by atoms with E-state index >= 15 is 0 Å². The molecule has 2 rings (SSSR count). The summed E-state index contributed by atoms with van der Waals surface area (Å²) in [5.74, 6) is 0.900. The quantitative estimate of drug-likeness (QED) is 0.831. The lowest BCUT2D eigenvalue weighted by Gasteiger charge is -2.22. The molecule has 0 radical (unpaired) electrons. The van der Waals surface area contributed by atoms with Crippen LogP contribution in [0.15, 0.2) is 18.2 Å². The first-order valence-corrected chi connectivity index (χ1v) is 6.86. The predicted molar refractivity (Wildman–Crippen MR) is 74.7 cm³/mol. The van der Waals surface area contributed by atoms with Crippen LogP contribution < -0.4 is 10.5 Å². The van der Waals surface area contributed by atoms with Gasteiger partial charge < -0.3 is 19.9 Å². The van der Waals surface area contributed by atoms with Crippen molar-refractivity contribution in [2.45, 2.75) is 19.4 Å². The summed E-state index contributed by atoms with van der Waals surface area (Å²) in [5.41, 5.74) is 7.03. The molecular weight excluding hydrogens is 258 g/mol. The van der Waals surface area contributed by atoms with Crippen LogP contribution in [0.1, 0.15) is 28.8 Å². The maximum atomic E-state index is 11.5. The summed E-state index contributed by atoms with van der Waals surface area (Å²) >= 11 is 0. The second-order valence-electron chi connectivity index (χ2n) is 4.88. The van der Waals surface area contributed by atoms with Gasteiger partial charge in [0.15, 0.2) is 0 Å². The van der Waals surface area contributed by atoms with Crippen molar-refractivity contribution in [1.82, 2.24) is 0 Å². The van der Waals surface area contributed by atoms with Gasteiger partial charge in [-0.2, -0.15) is 0 Å². The van der Waals surface area contributed by atoms with E-state index in [1.165, 1.54) is 7.11 Å². The van der Waals surface area contributed by atoms with Crippen LogP contribution in [0.25, 0.3) is 0 Å². The van der Waals surface area contributed by atoms with Crippen LogP contribution in [0.4, 0.5) is 0 Å². The minimum Gasteiger partial charge on any atom is -0.493 e. The van der Waals surface area contributed by atoms with Crippen molar-refractivity contribution in [3.63, 3.8) is 0 Å². The molecule has 0 spiro atoms. The van der Waals surface area contributed by atoms with Crippen molar-refractivity contribution in [3.05, 3.63) is 29.3 Å². The zero-order valence-electron chi connectivity index (χ0n) is 11.8. The Kier molecular flexibility index (Phi) is 5.38. The minimum atomic E-state index is -0.365. The van der Waals surface area contributed by atoms with Gasteiger partial charge in [0.05, 0.1) is 19.3 Å². The van der Waals surface area contributed by atoms with E-state index < -0.39 is 0 Å². The van der Waals surface area contributed by atoms with E-state index in [1.54, 1.807) is 18.2 Å². The zero-order valence-corrected chi connectivity index (χ0v) is 11.8. The van der Waals surface area contributed by atoms with Crippen molar-refractivity contribution in [2.75, 3.05) is 26.9 Å². The topological polar surface area (TPSA) is 70.8 Å². The van der Waals surface area contributed by atoms with Crippen LogP contribution in [-0.4, -0.2) is 32.9 Å². The summed E-state index contributed by atoms with van der Waals surface area (Å²) in [6.45, 7) is 2.60. The largest absolute Gasteiger partial charge is 0.493 e. The van der Waals surface area contributed by atoms with Gasteiger partial charge in [-0.05, 0) is 37.0 Å². The number of methoxy groups -OCH3 is 1. The highest BCUT2D eigenvalue weighted by Crippen LogP contribution is 2.23. The molecule has 1 aliphatic rings. The van der Waals surface area contributed by atoms with Crippen molar-refractivity contribution < 1.29 is 19.0 Å². The third-order valence-electron chi connectivity index (χ3n) is 3.52. The Balaban J connectivity index is 2.01. The van der Waals surface area contributed by atoms with Crippen LogP contribution in [0.3, 0.4) is 0 Å². The molecule has 0 saturated carbocycles. The molecule has 2 N–H and O–H groups in total. The van der Waals surface area contributed by atoms with E-state index in [0.29, 0.717) is 24.6 Å². The SMILES string of the molecule is COC(=O)c1ccc(OCC2CCOCC2)c(CN)c1. The van der Waals surface area contributed by atoms with Crippen molar-refractivity contribution >= 4 is 5.97 Å². The Bertz CT molecular complexity index is 455. The van der Waals surface area contributed by atoms with Gasteiger partial charge in [-0.1, -0.05) is 0 Å². The molecule has 20 heavy (non-hydrogen) atoms. The van der Waals surface area contributed by atoms with E-state index in [2.05, 4.69) is 0 Å². The smallest absolute Gasteiger partial charge is 0.337 e. The number of hydrogen-bond donors (Lipinski definition) is 1. The molecule has 0 aliphatic carbocycles. The average Bonchev–Trinajstić information content (AvgIpc) is 2.53. The molecule has 0 amide bonds. The number of hydrogen-bond acceptors (Lipinski definition) is 5. The molecule has 110 valence electrons. The van der Waals surface area contributed by atoms with Crippen LogP contribution in [0, 0.1) is 5.92 Å². The summed E-state index contributed by atoms with van der Waals surface area (Å²) in [6, 6.07) is 5.21. The second-order valence-corrected chi connectivity index (χ2v) is 4.88. The maximum Gasteiger partial charge on any atom is 0.337 e. The first kappa shape index (κ1) is 14.8. The zero-order chi connectivity index (χ0) is 14.4. The molecule has 1 aromatic rings. The van der Waals surface area contributed by atoms with Gasteiger partial charge in [-0.3, -0.25) is 0 Å². The molecule has 0 aromatic heterocycles. The molecular formula is C15H21NO4. The highest BCUT2D eigenvalue weighted by atomic mass is 16.5. The first-order valence-electron chi connectivity index (χ1n) is 6.86. The molecule has 0 unspecified atom stereocenters. The lowest BCUT2D eigenvalue weighted by molar-refractivity contribution is 0.0495. The van der Waals surface area contributed by atoms with Crippen LogP contribution in [0.5, 0.6) is 5.75 Å². The maximum absolute atomic E-state index is 11.5. The normalized spacial score (nSPS) is 15.9. The number of nitrogens with two attached hydrogens (primary N) is 1. The Labute approximate surface area is 119 Å². The van der Waals surface area contributed by atoms with E-state index in [-0.39, 0.29) is 5.97 Å². The number of ether oxygens (including phenoxy) is 3. The Hall–Kier alpha value is -1.59. The number of rotatable bonds is 5. The monoisotopic (exact) mass is 279 g/mol. The lowest BCUT2D eigenvalue weighted by Crippen LogP contribution is -2.22. The lowest BCUT2D eigenvalue weighted by atomic mass is 10.0. The Morgan fingerprint density at radius 3 is 2.80 bits per heavy atom. The summed E-state index contributed by atoms with van der Waals surface area (Å²) in [5, 5.41) is 0. The number of benzene rings is 1. The van der Waals surface area contributed by atoms with Crippen molar-refractivity contribution in [2.24, 2.45) is 11.7 Å². The average molecular weight is 279 g/mol. The van der Waals surface area contributed by atoms with E-state index in [4.69, 9.17) is 19.9 Å². The fourth-order valence-electron chi connectivity index (χ4n) is 2.25. The highest BCUT2D eigenvalue weighted by Gasteiger charge is 2.16. The van der Waals surface area contributed by atoms with E-state index in [9.17, 15) is 4.79 Å². The third kappa shape index (κ3) is 3.71. The predicted octanol–water partition coefficient (Wildman–Crippen LogP) is 1.74.